The predicted molar refractivity (Wildman–Crippen MR) is 88.2 cm³/mol. The molecule has 0 spiro atoms. The van der Waals surface area contributed by atoms with Gasteiger partial charge >= 0.3 is 6.18 Å². The first-order valence-corrected chi connectivity index (χ1v) is 8.15. The molecule has 142 valence electrons. The molecule has 9 heteroatoms. The fourth-order valence-corrected chi connectivity index (χ4v) is 2.40. The zero-order valence-corrected chi connectivity index (χ0v) is 13.9. The topological polar surface area (TPSA) is 71.1 Å². The Labute approximate surface area is 151 Å². The Morgan fingerprint density at radius 1 is 1.15 bits per heavy atom. The molecule has 0 saturated heterocycles. The van der Waals surface area contributed by atoms with Crippen molar-refractivity contribution in [1.29, 1.82) is 0 Å². The SMILES string of the molecule is O=C(NCc1ccc(F)c(C(F)(F)F)c1)c1ccnc(NC(=O)C2CC2)c1. The Balaban J connectivity index is 1.65. The molecule has 1 aliphatic carbocycles. The Kier molecular flexibility index (Phi) is 5.11. The molecule has 0 aliphatic heterocycles. The highest BCUT2D eigenvalue weighted by Crippen LogP contribution is 2.32. The lowest BCUT2D eigenvalue weighted by atomic mass is 10.1. The van der Waals surface area contributed by atoms with Crippen molar-refractivity contribution in [2.75, 3.05) is 5.32 Å². The summed E-state index contributed by atoms with van der Waals surface area (Å²) in [5.74, 6) is -1.89. The van der Waals surface area contributed by atoms with Crippen molar-refractivity contribution in [1.82, 2.24) is 10.3 Å². The average Bonchev–Trinajstić information content (AvgIpc) is 3.45. The van der Waals surface area contributed by atoms with E-state index in [1.54, 1.807) is 0 Å². The monoisotopic (exact) mass is 381 g/mol. The molecule has 0 radical (unpaired) electrons. The molecule has 1 saturated carbocycles. The number of nitrogens with zero attached hydrogens (tertiary/aromatic N) is 1. The maximum Gasteiger partial charge on any atom is 0.419 e. The number of nitrogens with one attached hydrogen (secondary N) is 2. The first-order valence-electron chi connectivity index (χ1n) is 8.15. The summed E-state index contributed by atoms with van der Waals surface area (Å²) in [5.41, 5.74) is -1.09. The van der Waals surface area contributed by atoms with E-state index in [9.17, 15) is 27.2 Å². The van der Waals surface area contributed by atoms with Crippen LogP contribution in [0.4, 0.5) is 23.4 Å². The molecule has 1 heterocycles. The van der Waals surface area contributed by atoms with E-state index in [1.807, 2.05) is 0 Å². The molecular formula is C18H15F4N3O2. The van der Waals surface area contributed by atoms with Crippen LogP contribution in [0.3, 0.4) is 0 Å². The molecular weight excluding hydrogens is 366 g/mol. The highest BCUT2D eigenvalue weighted by Gasteiger charge is 2.34. The van der Waals surface area contributed by atoms with Gasteiger partial charge < -0.3 is 10.6 Å². The predicted octanol–water partition coefficient (Wildman–Crippen LogP) is 3.52. The highest BCUT2D eigenvalue weighted by molar-refractivity contribution is 5.97. The third-order valence-corrected chi connectivity index (χ3v) is 4.01. The largest absolute Gasteiger partial charge is 0.419 e. The summed E-state index contributed by atoms with van der Waals surface area (Å²) >= 11 is 0. The molecule has 1 aromatic heterocycles. The number of amides is 2. The van der Waals surface area contributed by atoms with Gasteiger partial charge in [0, 0.05) is 24.2 Å². The second-order valence-corrected chi connectivity index (χ2v) is 6.19. The van der Waals surface area contributed by atoms with E-state index in [1.165, 1.54) is 24.4 Å². The summed E-state index contributed by atoms with van der Waals surface area (Å²) < 4.78 is 51.5. The van der Waals surface area contributed by atoms with Crippen LogP contribution < -0.4 is 10.6 Å². The average molecular weight is 381 g/mol. The normalized spacial score (nSPS) is 13.9. The van der Waals surface area contributed by atoms with Gasteiger partial charge in [-0.1, -0.05) is 6.07 Å². The lowest BCUT2D eigenvalue weighted by Gasteiger charge is -2.11. The number of anilines is 1. The number of carbonyl (C=O) groups excluding carboxylic acids is 2. The van der Waals surface area contributed by atoms with Crippen molar-refractivity contribution >= 4 is 17.6 Å². The molecule has 2 aromatic rings. The summed E-state index contributed by atoms with van der Waals surface area (Å²) in [7, 11) is 0. The number of carbonyl (C=O) groups is 2. The van der Waals surface area contributed by atoms with E-state index in [4.69, 9.17) is 0 Å². The van der Waals surface area contributed by atoms with Crippen LogP contribution in [0.15, 0.2) is 36.5 Å². The van der Waals surface area contributed by atoms with Crippen molar-refractivity contribution in [3.63, 3.8) is 0 Å². The van der Waals surface area contributed by atoms with Crippen LogP contribution in [0.2, 0.25) is 0 Å². The van der Waals surface area contributed by atoms with Gasteiger partial charge in [0.2, 0.25) is 5.91 Å². The van der Waals surface area contributed by atoms with Gasteiger partial charge in [-0.15, -0.1) is 0 Å². The van der Waals surface area contributed by atoms with E-state index in [0.717, 1.165) is 12.8 Å². The highest BCUT2D eigenvalue weighted by atomic mass is 19.4. The molecule has 0 unspecified atom stereocenters. The standard InChI is InChI=1S/C18H15F4N3O2/c19-14-4-1-10(7-13(14)18(20,21)22)9-24-16(26)12-5-6-23-15(8-12)25-17(27)11-2-3-11/h1,4-8,11H,2-3,9H2,(H,24,26)(H,23,25,27). The third kappa shape index (κ3) is 4.81. The molecule has 1 aliphatic rings. The number of benzene rings is 1. The van der Waals surface area contributed by atoms with Crippen molar-refractivity contribution in [3.05, 3.63) is 59.0 Å². The molecule has 1 fully saturated rings. The summed E-state index contributed by atoms with van der Waals surface area (Å²) in [4.78, 5) is 27.9. The molecule has 27 heavy (non-hydrogen) atoms. The molecule has 5 nitrogen and oxygen atoms in total. The van der Waals surface area contributed by atoms with E-state index >= 15 is 0 Å². The van der Waals surface area contributed by atoms with Crippen LogP contribution in [0, 0.1) is 11.7 Å². The summed E-state index contributed by atoms with van der Waals surface area (Å²) in [6.07, 6.45) is -1.83. The van der Waals surface area contributed by atoms with Gasteiger partial charge in [0.1, 0.15) is 11.6 Å². The Morgan fingerprint density at radius 2 is 1.89 bits per heavy atom. The molecule has 0 atom stereocenters. The van der Waals surface area contributed by atoms with Gasteiger partial charge in [-0.2, -0.15) is 13.2 Å². The van der Waals surface area contributed by atoms with E-state index in [2.05, 4.69) is 15.6 Å². The fraction of sp³-hybridized carbons (Fsp3) is 0.278. The number of hydrogen-bond acceptors (Lipinski definition) is 3. The summed E-state index contributed by atoms with van der Waals surface area (Å²) in [6.45, 7) is -0.214. The summed E-state index contributed by atoms with van der Waals surface area (Å²) in [6, 6.07) is 5.32. The molecule has 1 aromatic carbocycles. The lowest BCUT2D eigenvalue weighted by Crippen LogP contribution is -2.23. The van der Waals surface area contributed by atoms with E-state index < -0.39 is 23.5 Å². The molecule has 3 rings (SSSR count). The molecule has 2 N–H and O–H groups in total. The van der Waals surface area contributed by atoms with Crippen LogP contribution >= 0.6 is 0 Å². The fourth-order valence-electron chi connectivity index (χ4n) is 2.40. The number of rotatable bonds is 5. The number of alkyl halides is 3. The van der Waals surface area contributed by atoms with Crippen LogP contribution in [-0.2, 0) is 17.5 Å². The maximum absolute atomic E-state index is 13.3. The number of pyridine rings is 1. The zero-order valence-electron chi connectivity index (χ0n) is 13.9. The van der Waals surface area contributed by atoms with Gasteiger partial charge in [0.25, 0.3) is 5.91 Å². The number of halogens is 4. The smallest absolute Gasteiger partial charge is 0.348 e. The van der Waals surface area contributed by atoms with Crippen LogP contribution in [0.1, 0.15) is 34.3 Å². The number of aromatic nitrogens is 1. The Morgan fingerprint density at radius 3 is 2.56 bits per heavy atom. The Hall–Kier alpha value is -2.97. The van der Waals surface area contributed by atoms with Crippen LogP contribution in [0.25, 0.3) is 0 Å². The van der Waals surface area contributed by atoms with Gasteiger partial charge in [-0.05, 0) is 42.7 Å². The maximum atomic E-state index is 13.3. The number of hydrogen-bond donors (Lipinski definition) is 2. The van der Waals surface area contributed by atoms with E-state index in [0.29, 0.717) is 12.1 Å². The van der Waals surface area contributed by atoms with Gasteiger partial charge in [-0.25, -0.2) is 9.37 Å². The molecule has 2 amide bonds. The van der Waals surface area contributed by atoms with Gasteiger partial charge in [0.15, 0.2) is 0 Å². The minimum atomic E-state index is -4.82. The second-order valence-electron chi connectivity index (χ2n) is 6.19. The van der Waals surface area contributed by atoms with Crippen molar-refractivity contribution in [2.24, 2.45) is 5.92 Å². The minimum absolute atomic E-state index is 0.0226. The Bertz CT molecular complexity index is 879. The molecule has 0 bridgehead atoms. The van der Waals surface area contributed by atoms with Crippen molar-refractivity contribution in [2.45, 2.75) is 25.6 Å². The van der Waals surface area contributed by atoms with Crippen molar-refractivity contribution < 1.29 is 27.2 Å². The van der Waals surface area contributed by atoms with Gasteiger partial charge in [0.05, 0.1) is 5.56 Å². The van der Waals surface area contributed by atoms with E-state index in [-0.39, 0.29) is 35.3 Å². The van der Waals surface area contributed by atoms with Crippen LogP contribution in [-0.4, -0.2) is 16.8 Å². The second kappa shape index (κ2) is 7.34. The third-order valence-electron chi connectivity index (χ3n) is 4.01. The quantitative estimate of drug-likeness (QED) is 0.779. The van der Waals surface area contributed by atoms with Crippen molar-refractivity contribution in [3.8, 4) is 0 Å². The lowest BCUT2D eigenvalue weighted by molar-refractivity contribution is -0.140. The zero-order chi connectivity index (χ0) is 19.6. The summed E-state index contributed by atoms with van der Waals surface area (Å²) in [5, 5.41) is 5.07. The first-order chi connectivity index (χ1) is 12.7. The first kappa shape index (κ1) is 18.8. The van der Waals surface area contributed by atoms with Gasteiger partial charge in [-0.3, -0.25) is 9.59 Å². The minimum Gasteiger partial charge on any atom is -0.348 e. The van der Waals surface area contributed by atoms with Crippen LogP contribution in [0.5, 0.6) is 0 Å².